The first-order valence-electron chi connectivity index (χ1n) is 9.05. The largest absolute Gasteiger partial charge is 0.497 e. The number of amides is 1. The normalized spacial score (nSPS) is 20.1. The topological polar surface area (TPSA) is 88.8 Å². The Balaban J connectivity index is 1.68. The lowest BCUT2D eigenvalue weighted by atomic mass is 9.93. The maximum absolute atomic E-state index is 12.3. The van der Waals surface area contributed by atoms with Gasteiger partial charge in [-0.1, -0.05) is 0 Å². The van der Waals surface area contributed by atoms with E-state index in [1.165, 1.54) is 0 Å². The first kappa shape index (κ1) is 18.5. The van der Waals surface area contributed by atoms with Crippen LogP contribution in [0.2, 0.25) is 0 Å². The van der Waals surface area contributed by atoms with E-state index in [-0.39, 0.29) is 24.5 Å². The molecule has 3 rings (SSSR count). The number of hydrogen-bond donors (Lipinski definition) is 2. The number of aryl methyl sites for hydroxylation is 1. The fraction of sp³-hybridized carbons (Fsp3) is 0.500. The Morgan fingerprint density at radius 3 is 2.73 bits per heavy atom. The van der Waals surface area contributed by atoms with Crippen LogP contribution in [0.25, 0.3) is 11.0 Å². The highest BCUT2D eigenvalue weighted by Gasteiger charge is 2.21. The van der Waals surface area contributed by atoms with E-state index in [1.807, 2.05) is 19.1 Å². The first-order chi connectivity index (χ1) is 12.5. The minimum Gasteiger partial charge on any atom is -0.497 e. The Kier molecular flexibility index (Phi) is 5.61. The van der Waals surface area contributed by atoms with E-state index >= 15 is 0 Å². The minimum atomic E-state index is -0.406. The third kappa shape index (κ3) is 4.07. The van der Waals surface area contributed by atoms with Crippen LogP contribution in [0.15, 0.2) is 27.4 Å². The van der Waals surface area contributed by atoms with Crippen LogP contribution in [-0.4, -0.2) is 30.3 Å². The summed E-state index contributed by atoms with van der Waals surface area (Å²) in [6, 6.07) is 5.50. The molecule has 1 amide bonds. The van der Waals surface area contributed by atoms with Gasteiger partial charge in [0.05, 0.1) is 13.2 Å². The number of carbonyl (C=O) groups excluding carboxylic acids is 1. The van der Waals surface area contributed by atoms with Crippen LogP contribution in [-0.2, 0) is 11.2 Å². The van der Waals surface area contributed by atoms with Crippen LogP contribution < -0.4 is 15.7 Å². The fourth-order valence-electron chi connectivity index (χ4n) is 3.55. The van der Waals surface area contributed by atoms with Crippen molar-refractivity contribution >= 4 is 16.9 Å². The van der Waals surface area contributed by atoms with Gasteiger partial charge in [0.15, 0.2) is 0 Å². The van der Waals surface area contributed by atoms with Gasteiger partial charge in [-0.2, -0.15) is 0 Å². The molecule has 0 saturated heterocycles. The van der Waals surface area contributed by atoms with Crippen LogP contribution >= 0.6 is 0 Å². The molecule has 1 saturated carbocycles. The molecule has 0 bridgehead atoms. The Morgan fingerprint density at radius 1 is 1.31 bits per heavy atom. The number of nitrogens with one attached hydrogen (secondary N) is 1. The average molecular weight is 359 g/mol. The number of aliphatic hydroxyl groups is 1. The van der Waals surface area contributed by atoms with E-state index in [1.54, 1.807) is 13.2 Å². The second kappa shape index (κ2) is 7.91. The molecule has 0 aliphatic heterocycles. The van der Waals surface area contributed by atoms with Gasteiger partial charge < -0.3 is 19.6 Å². The molecule has 1 fully saturated rings. The second-order valence-corrected chi connectivity index (χ2v) is 6.93. The van der Waals surface area contributed by atoms with Crippen molar-refractivity contribution in [3.05, 3.63) is 39.7 Å². The van der Waals surface area contributed by atoms with Crippen molar-refractivity contribution in [1.29, 1.82) is 0 Å². The van der Waals surface area contributed by atoms with Crippen molar-refractivity contribution in [3.8, 4) is 5.75 Å². The molecule has 1 aliphatic carbocycles. The maximum Gasteiger partial charge on any atom is 0.339 e. The minimum absolute atomic E-state index is 0.0694. The number of rotatable bonds is 5. The van der Waals surface area contributed by atoms with Gasteiger partial charge in [-0.3, -0.25) is 4.79 Å². The van der Waals surface area contributed by atoms with E-state index in [2.05, 4.69) is 5.32 Å². The van der Waals surface area contributed by atoms with Crippen LogP contribution in [0.4, 0.5) is 0 Å². The molecular weight excluding hydrogens is 334 g/mol. The third-order valence-corrected chi connectivity index (χ3v) is 5.16. The van der Waals surface area contributed by atoms with Crippen LogP contribution in [0.5, 0.6) is 5.75 Å². The number of carbonyl (C=O) groups is 1. The zero-order valence-corrected chi connectivity index (χ0v) is 15.2. The lowest BCUT2D eigenvalue weighted by Gasteiger charge is -2.26. The van der Waals surface area contributed by atoms with E-state index in [0.29, 0.717) is 23.3 Å². The molecule has 26 heavy (non-hydrogen) atoms. The van der Waals surface area contributed by atoms with Gasteiger partial charge in [0.2, 0.25) is 5.91 Å². The van der Waals surface area contributed by atoms with E-state index in [9.17, 15) is 14.7 Å². The summed E-state index contributed by atoms with van der Waals surface area (Å²) in [4.78, 5) is 24.5. The number of benzene rings is 1. The van der Waals surface area contributed by atoms with Gasteiger partial charge in [-0.05, 0) is 56.7 Å². The molecule has 6 heteroatoms. The molecule has 0 unspecified atom stereocenters. The van der Waals surface area contributed by atoms with Crippen molar-refractivity contribution in [1.82, 2.24) is 5.32 Å². The number of ether oxygens (including phenoxy) is 1. The molecule has 1 aromatic heterocycles. The van der Waals surface area contributed by atoms with Gasteiger partial charge in [-0.25, -0.2) is 4.79 Å². The second-order valence-electron chi connectivity index (χ2n) is 6.93. The van der Waals surface area contributed by atoms with Gasteiger partial charge in [0, 0.05) is 29.5 Å². The number of aliphatic hydroxyl groups excluding tert-OH is 1. The number of fused-ring (bicyclic) bond motifs is 1. The maximum atomic E-state index is 12.3. The monoisotopic (exact) mass is 359 g/mol. The first-order valence-corrected chi connectivity index (χ1v) is 9.05. The third-order valence-electron chi connectivity index (χ3n) is 5.16. The molecule has 140 valence electrons. The number of methoxy groups -OCH3 is 1. The molecule has 6 nitrogen and oxygen atoms in total. The molecule has 2 N–H and O–H groups in total. The summed E-state index contributed by atoms with van der Waals surface area (Å²) in [7, 11) is 1.56. The van der Waals surface area contributed by atoms with Gasteiger partial charge in [0.1, 0.15) is 11.3 Å². The molecule has 1 aromatic carbocycles. The molecule has 1 aliphatic rings. The summed E-state index contributed by atoms with van der Waals surface area (Å²) in [5.41, 5.74) is 1.46. The standard InChI is InChI=1S/C20H25NO5/c1-12-16-8-7-15(25-2)11-18(16)26-20(24)17(12)9-10-19(23)21-13-3-5-14(22)6-4-13/h7-8,11,13-14,22H,3-6,9-10H2,1-2H3,(H,21,23). The molecular formula is C20H25NO5. The fourth-order valence-corrected chi connectivity index (χ4v) is 3.55. The Morgan fingerprint density at radius 2 is 2.04 bits per heavy atom. The van der Waals surface area contributed by atoms with Crippen LogP contribution in [0, 0.1) is 6.92 Å². The highest BCUT2D eigenvalue weighted by molar-refractivity contribution is 5.82. The molecule has 0 radical (unpaired) electrons. The summed E-state index contributed by atoms with van der Waals surface area (Å²) in [6.45, 7) is 1.88. The highest BCUT2D eigenvalue weighted by Crippen LogP contribution is 2.24. The summed E-state index contributed by atoms with van der Waals surface area (Å²) >= 11 is 0. The molecule has 0 spiro atoms. The molecule has 1 heterocycles. The van der Waals surface area contributed by atoms with Gasteiger partial charge in [-0.15, -0.1) is 0 Å². The van der Waals surface area contributed by atoms with E-state index in [4.69, 9.17) is 9.15 Å². The average Bonchev–Trinajstić information content (AvgIpc) is 2.63. The van der Waals surface area contributed by atoms with Gasteiger partial charge in [0.25, 0.3) is 0 Å². The van der Waals surface area contributed by atoms with Gasteiger partial charge >= 0.3 is 5.63 Å². The van der Waals surface area contributed by atoms with Crippen molar-refractivity contribution < 1.29 is 19.1 Å². The highest BCUT2D eigenvalue weighted by atomic mass is 16.5. The Bertz CT molecular complexity index is 849. The van der Waals surface area contributed by atoms with Crippen LogP contribution in [0.1, 0.15) is 43.2 Å². The number of hydrogen-bond acceptors (Lipinski definition) is 5. The summed E-state index contributed by atoms with van der Waals surface area (Å²) < 4.78 is 10.6. The predicted octanol–water partition coefficient (Wildman–Crippen LogP) is 2.46. The predicted molar refractivity (Wildman–Crippen MR) is 98.5 cm³/mol. The van der Waals surface area contributed by atoms with Crippen molar-refractivity contribution in [2.24, 2.45) is 0 Å². The van der Waals surface area contributed by atoms with Crippen LogP contribution in [0.3, 0.4) is 0 Å². The lowest BCUT2D eigenvalue weighted by Crippen LogP contribution is -2.38. The summed E-state index contributed by atoms with van der Waals surface area (Å²) in [5, 5.41) is 13.4. The van der Waals surface area contributed by atoms with Crippen molar-refractivity contribution in [3.63, 3.8) is 0 Å². The zero-order chi connectivity index (χ0) is 18.7. The SMILES string of the molecule is COc1ccc2c(C)c(CCC(=O)NC3CCC(O)CC3)c(=O)oc2c1. The Labute approximate surface area is 152 Å². The van der Waals surface area contributed by atoms with E-state index in [0.717, 1.165) is 36.6 Å². The quantitative estimate of drug-likeness (QED) is 0.801. The lowest BCUT2D eigenvalue weighted by molar-refractivity contribution is -0.122. The van der Waals surface area contributed by atoms with Crippen molar-refractivity contribution in [2.75, 3.05) is 7.11 Å². The smallest absolute Gasteiger partial charge is 0.339 e. The zero-order valence-electron chi connectivity index (χ0n) is 15.2. The molecule has 2 aromatic rings. The Hall–Kier alpha value is -2.34. The van der Waals surface area contributed by atoms with Crippen molar-refractivity contribution in [2.45, 2.75) is 57.6 Å². The molecule has 0 atom stereocenters. The summed E-state index contributed by atoms with van der Waals surface area (Å²) in [5.74, 6) is 0.560. The van der Waals surface area contributed by atoms with E-state index < -0.39 is 5.63 Å². The summed E-state index contributed by atoms with van der Waals surface area (Å²) in [6.07, 6.45) is 3.39.